The summed E-state index contributed by atoms with van der Waals surface area (Å²) in [7, 11) is 0. The lowest BCUT2D eigenvalue weighted by molar-refractivity contribution is -0.104. The predicted molar refractivity (Wildman–Crippen MR) is 83.2 cm³/mol. The molecule has 0 bridgehead atoms. The maximum absolute atomic E-state index is 6.58. The van der Waals surface area contributed by atoms with E-state index in [1.54, 1.807) is 0 Å². The van der Waals surface area contributed by atoms with Gasteiger partial charge in [-0.2, -0.15) is 11.8 Å². The van der Waals surface area contributed by atoms with Gasteiger partial charge in [0.2, 0.25) is 0 Å². The first-order valence-electron chi connectivity index (χ1n) is 8.04. The third-order valence-corrected chi connectivity index (χ3v) is 6.42. The number of thioether (sulfide) groups is 1. The van der Waals surface area contributed by atoms with E-state index in [1.165, 1.54) is 12.2 Å². The van der Waals surface area contributed by atoms with Crippen molar-refractivity contribution in [2.24, 2.45) is 11.7 Å². The van der Waals surface area contributed by atoms with Gasteiger partial charge in [0.25, 0.3) is 0 Å². The fourth-order valence-electron chi connectivity index (χ4n) is 3.81. The molecule has 3 heterocycles. The molecule has 3 aliphatic heterocycles. The van der Waals surface area contributed by atoms with E-state index < -0.39 is 0 Å². The second-order valence-electron chi connectivity index (χ2n) is 6.47. The van der Waals surface area contributed by atoms with Crippen LogP contribution in [0.1, 0.15) is 26.2 Å². The van der Waals surface area contributed by atoms with Gasteiger partial charge in [-0.1, -0.05) is 6.92 Å². The lowest BCUT2D eigenvalue weighted by Crippen LogP contribution is -2.55. The zero-order chi connectivity index (χ0) is 14.0. The lowest BCUT2D eigenvalue weighted by Gasteiger charge is -2.43. The maximum Gasteiger partial charge on any atom is 0.0855 e. The topological polar surface area (TPSA) is 47.7 Å². The van der Waals surface area contributed by atoms with Crippen LogP contribution in [0.15, 0.2) is 0 Å². The van der Waals surface area contributed by atoms with Crippen LogP contribution in [0.2, 0.25) is 0 Å². The van der Waals surface area contributed by atoms with E-state index in [-0.39, 0.29) is 17.7 Å². The number of rotatable bonds is 3. The quantitative estimate of drug-likeness (QED) is 0.852. The molecule has 1 spiro atoms. The summed E-state index contributed by atoms with van der Waals surface area (Å²) < 4.78 is 12.1. The zero-order valence-corrected chi connectivity index (χ0v) is 13.4. The minimum atomic E-state index is 0.129. The zero-order valence-electron chi connectivity index (χ0n) is 12.6. The van der Waals surface area contributed by atoms with Gasteiger partial charge < -0.3 is 15.2 Å². The molecule has 2 N–H and O–H groups in total. The van der Waals surface area contributed by atoms with E-state index >= 15 is 0 Å². The number of hydrogen-bond donors (Lipinski definition) is 1. The summed E-state index contributed by atoms with van der Waals surface area (Å²) in [5.74, 6) is 2.96. The molecule has 5 heteroatoms. The average molecular weight is 300 g/mol. The second kappa shape index (κ2) is 6.53. The summed E-state index contributed by atoms with van der Waals surface area (Å²) in [6, 6.07) is 0.163. The number of nitrogens with zero attached hydrogens (tertiary/aromatic N) is 1. The standard InChI is InChI=1S/C15H28N2O2S/c1-2-17-5-7-18-13(10-17)14(16)12-3-6-19-15(9-12)4-8-20-11-15/h12-14H,2-11,16H2,1H3. The van der Waals surface area contributed by atoms with E-state index in [4.69, 9.17) is 15.2 Å². The maximum atomic E-state index is 6.58. The monoisotopic (exact) mass is 300 g/mol. The van der Waals surface area contributed by atoms with Crippen molar-refractivity contribution in [3.63, 3.8) is 0 Å². The van der Waals surface area contributed by atoms with Crippen LogP contribution >= 0.6 is 11.8 Å². The van der Waals surface area contributed by atoms with Gasteiger partial charge in [-0.25, -0.2) is 0 Å². The first-order chi connectivity index (χ1) is 9.72. The highest BCUT2D eigenvalue weighted by atomic mass is 32.2. The Balaban J connectivity index is 1.59. The normalized spacial score (nSPS) is 41.1. The number of morpholine rings is 1. The van der Waals surface area contributed by atoms with Gasteiger partial charge in [0.15, 0.2) is 0 Å². The van der Waals surface area contributed by atoms with Gasteiger partial charge >= 0.3 is 0 Å². The highest BCUT2D eigenvalue weighted by Crippen LogP contribution is 2.41. The van der Waals surface area contributed by atoms with Gasteiger partial charge in [-0.15, -0.1) is 0 Å². The first kappa shape index (κ1) is 15.1. The van der Waals surface area contributed by atoms with Crippen LogP contribution in [0, 0.1) is 5.92 Å². The Labute approximate surface area is 126 Å². The minimum absolute atomic E-state index is 0.129. The molecule has 0 radical (unpaired) electrons. The Bertz CT molecular complexity index is 323. The number of likely N-dealkylation sites (N-methyl/N-ethyl adjacent to an activating group) is 1. The van der Waals surface area contributed by atoms with Gasteiger partial charge in [0.05, 0.1) is 18.3 Å². The SMILES string of the molecule is CCN1CCOC(C(N)C2CCOC3(CCSC3)C2)C1. The van der Waals surface area contributed by atoms with Gasteiger partial charge in [-0.3, -0.25) is 4.90 Å². The average Bonchev–Trinajstić information content (AvgIpc) is 2.94. The Morgan fingerprint density at radius 2 is 2.35 bits per heavy atom. The van der Waals surface area contributed by atoms with E-state index in [2.05, 4.69) is 11.8 Å². The Kier molecular flexibility index (Phi) is 4.93. The lowest BCUT2D eigenvalue weighted by atomic mass is 9.79. The van der Waals surface area contributed by atoms with Crippen LogP contribution in [0.3, 0.4) is 0 Å². The van der Waals surface area contributed by atoms with Crippen LogP contribution in [0.5, 0.6) is 0 Å². The molecular formula is C15H28N2O2S. The highest BCUT2D eigenvalue weighted by molar-refractivity contribution is 7.99. The summed E-state index contributed by atoms with van der Waals surface area (Å²) in [6.45, 7) is 7.07. The number of nitrogens with two attached hydrogens (primary N) is 1. The molecule has 4 atom stereocenters. The minimum Gasteiger partial charge on any atom is -0.374 e. The van der Waals surface area contributed by atoms with Crippen molar-refractivity contribution in [2.75, 3.05) is 44.4 Å². The van der Waals surface area contributed by atoms with E-state index in [0.717, 1.165) is 51.4 Å². The second-order valence-corrected chi connectivity index (χ2v) is 7.57. The van der Waals surface area contributed by atoms with Gasteiger partial charge in [0, 0.05) is 31.5 Å². The molecule has 3 saturated heterocycles. The molecular weight excluding hydrogens is 272 g/mol. The fourth-order valence-corrected chi connectivity index (χ4v) is 5.19. The van der Waals surface area contributed by atoms with Gasteiger partial charge in [-0.05, 0) is 37.5 Å². The Morgan fingerprint density at radius 1 is 1.45 bits per heavy atom. The molecule has 4 unspecified atom stereocenters. The molecule has 3 rings (SSSR count). The Hall–Kier alpha value is 0.190. The van der Waals surface area contributed by atoms with Gasteiger partial charge in [0.1, 0.15) is 0 Å². The molecule has 0 saturated carbocycles. The van der Waals surface area contributed by atoms with Crippen LogP contribution in [-0.2, 0) is 9.47 Å². The first-order valence-corrected chi connectivity index (χ1v) is 9.19. The van der Waals surface area contributed by atoms with Crippen molar-refractivity contribution in [2.45, 2.75) is 43.9 Å². The van der Waals surface area contributed by atoms with Crippen molar-refractivity contribution in [3.8, 4) is 0 Å². The molecule has 3 fully saturated rings. The van der Waals surface area contributed by atoms with Crippen molar-refractivity contribution in [1.29, 1.82) is 0 Å². The van der Waals surface area contributed by atoms with Crippen LogP contribution in [-0.4, -0.2) is 67.0 Å². The molecule has 3 aliphatic rings. The van der Waals surface area contributed by atoms with Crippen molar-refractivity contribution >= 4 is 11.8 Å². The highest BCUT2D eigenvalue weighted by Gasteiger charge is 2.43. The largest absolute Gasteiger partial charge is 0.374 e. The third-order valence-electron chi connectivity index (χ3n) is 5.20. The molecule has 0 aromatic heterocycles. The number of hydrogen-bond acceptors (Lipinski definition) is 5. The van der Waals surface area contributed by atoms with E-state index in [9.17, 15) is 0 Å². The Morgan fingerprint density at radius 3 is 3.10 bits per heavy atom. The van der Waals surface area contributed by atoms with Crippen LogP contribution in [0.25, 0.3) is 0 Å². The summed E-state index contributed by atoms with van der Waals surface area (Å²) in [5.41, 5.74) is 6.71. The summed E-state index contributed by atoms with van der Waals surface area (Å²) in [6.07, 6.45) is 3.64. The summed E-state index contributed by atoms with van der Waals surface area (Å²) in [5, 5.41) is 0. The smallest absolute Gasteiger partial charge is 0.0855 e. The fraction of sp³-hybridized carbons (Fsp3) is 1.00. The number of ether oxygens (including phenoxy) is 2. The summed E-state index contributed by atoms with van der Waals surface area (Å²) in [4.78, 5) is 2.45. The van der Waals surface area contributed by atoms with Crippen LogP contribution < -0.4 is 5.73 Å². The molecule has 0 amide bonds. The van der Waals surface area contributed by atoms with Crippen molar-refractivity contribution in [1.82, 2.24) is 4.90 Å². The van der Waals surface area contributed by atoms with E-state index in [0.29, 0.717) is 5.92 Å². The molecule has 0 aliphatic carbocycles. The third kappa shape index (κ3) is 3.17. The molecule has 116 valence electrons. The molecule has 4 nitrogen and oxygen atoms in total. The van der Waals surface area contributed by atoms with Crippen molar-refractivity contribution < 1.29 is 9.47 Å². The molecule has 20 heavy (non-hydrogen) atoms. The van der Waals surface area contributed by atoms with Crippen molar-refractivity contribution in [3.05, 3.63) is 0 Å². The summed E-state index contributed by atoms with van der Waals surface area (Å²) >= 11 is 2.03. The molecule has 0 aromatic carbocycles. The molecule has 0 aromatic rings. The van der Waals surface area contributed by atoms with Crippen LogP contribution in [0.4, 0.5) is 0 Å². The van der Waals surface area contributed by atoms with E-state index in [1.807, 2.05) is 11.8 Å². The predicted octanol–water partition coefficient (Wildman–Crippen LogP) is 1.34.